The summed E-state index contributed by atoms with van der Waals surface area (Å²) in [6, 6.07) is 0. The van der Waals surface area contributed by atoms with E-state index in [0.717, 1.165) is 42.0 Å². The van der Waals surface area contributed by atoms with Gasteiger partial charge in [-0.3, -0.25) is 9.59 Å². The number of hydrogen-bond donors (Lipinski definition) is 1. The van der Waals surface area contributed by atoms with E-state index in [4.69, 9.17) is 0 Å². The molecule has 1 atom stereocenters. The zero-order valence-corrected chi connectivity index (χ0v) is 15.9. The molecule has 1 aliphatic heterocycles. The molecule has 2 heterocycles. The number of rotatable bonds is 4. The summed E-state index contributed by atoms with van der Waals surface area (Å²) < 4.78 is 0. The van der Waals surface area contributed by atoms with Gasteiger partial charge in [0.05, 0.1) is 0 Å². The molecule has 0 aromatic carbocycles. The van der Waals surface area contributed by atoms with Gasteiger partial charge in [-0.15, -0.1) is 0 Å². The second-order valence-corrected chi connectivity index (χ2v) is 7.45. The number of Topliss-reactive ketones (excluding diaryl/α,β-unsaturated/α-hetero) is 1. The first-order valence-electron chi connectivity index (χ1n) is 9.11. The van der Waals surface area contributed by atoms with Crippen LogP contribution in [0.4, 0.5) is 5.82 Å². The Labute approximate surface area is 154 Å². The molecule has 1 fully saturated rings. The summed E-state index contributed by atoms with van der Waals surface area (Å²) in [6.07, 6.45) is 5.01. The Kier molecular flexibility index (Phi) is 5.20. The molecule has 6 heteroatoms. The maximum absolute atomic E-state index is 12.6. The summed E-state index contributed by atoms with van der Waals surface area (Å²) in [6.45, 7) is 10.1. The van der Waals surface area contributed by atoms with E-state index in [1.165, 1.54) is 6.33 Å². The highest BCUT2D eigenvalue weighted by Gasteiger charge is 2.24. The number of aromatic nitrogens is 2. The van der Waals surface area contributed by atoms with E-state index in [-0.39, 0.29) is 18.2 Å². The van der Waals surface area contributed by atoms with Crippen LogP contribution in [0.1, 0.15) is 49.7 Å². The Hall–Kier alpha value is -2.50. The second-order valence-electron chi connectivity index (χ2n) is 7.45. The van der Waals surface area contributed by atoms with E-state index in [0.29, 0.717) is 23.6 Å². The Morgan fingerprint density at radius 1 is 1.31 bits per heavy atom. The summed E-state index contributed by atoms with van der Waals surface area (Å²) in [7, 11) is 0. The van der Waals surface area contributed by atoms with Gasteiger partial charge in [-0.05, 0) is 38.7 Å². The number of anilines is 1. The standard InChI is InChI=1S/C20H26N4O2/c1-12-5-6-24(10-12)19-15(4)18(22-11-23-19)20(26)21-9-16-14(3)7-13(2)8-17(16)25/h7,11-12H,5-6,8-10H2,1-4H3,(H,21,26)/t12-/m1/s1. The number of nitrogens with zero attached hydrogens (tertiary/aromatic N) is 3. The van der Waals surface area contributed by atoms with Crippen molar-refractivity contribution in [2.24, 2.45) is 5.92 Å². The minimum atomic E-state index is -0.266. The fraction of sp³-hybridized carbons (Fsp3) is 0.500. The first-order chi connectivity index (χ1) is 12.4. The zero-order valence-electron chi connectivity index (χ0n) is 15.9. The van der Waals surface area contributed by atoms with Crippen molar-refractivity contribution in [1.82, 2.24) is 15.3 Å². The topological polar surface area (TPSA) is 75.2 Å². The van der Waals surface area contributed by atoms with E-state index in [9.17, 15) is 9.59 Å². The predicted molar refractivity (Wildman–Crippen MR) is 101 cm³/mol. The van der Waals surface area contributed by atoms with Crippen molar-refractivity contribution in [2.45, 2.75) is 40.5 Å². The fourth-order valence-electron chi connectivity index (χ4n) is 3.69. The van der Waals surface area contributed by atoms with Crippen LogP contribution < -0.4 is 10.2 Å². The highest BCUT2D eigenvalue weighted by Crippen LogP contribution is 2.25. The first-order valence-corrected chi connectivity index (χ1v) is 9.11. The smallest absolute Gasteiger partial charge is 0.270 e. The number of ketones is 1. The van der Waals surface area contributed by atoms with Gasteiger partial charge in [-0.1, -0.05) is 18.6 Å². The van der Waals surface area contributed by atoms with Crippen LogP contribution in [0.15, 0.2) is 29.1 Å². The monoisotopic (exact) mass is 354 g/mol. The number of carbonyl (C=O) groups excluding carboxylic acids is 2. The Balaban J connectivity index is 1.75. The number of nitrogens with one attached hydrogen (secondary N) is 1. The SMILES string of the molecule is CC1=CC(C)=C(CNC(=O)c2ncnc(N3CC[C@@H](C)C3)c2C)C(=O)C1. The number of amides is 1. The lowest BCUT2D eigenvalue weighted by molar-refractivity contribution is -0.115. The Morgan fingerprint density at radius 3 is 2.73 bits per heavy atom. The van der Waals surface area contributed by atoms with Crippen molar-refractivity contribution in [3.8, 4) is 0 Å². The molecule has 0 saturated carbocycles. The largest absolute Gasteiger partial charge is 0.356 e. The van der Waals surface area contributed by atoms with Crippen LogP contribution in [0.5, 0.6) is 0 Å². The third-order valence-corrected chi connectivity index (χ3v) is 5.14. The van der Waals surface area contributed by atoms with Crippen molar-refractivity contribution < 1.29 is 9.59 Å². The molecule has 1 saturated heterocycles. The molecule has 0 bridgehead atoms. The molecule has 26 heavy (non-hydrogen) atoms. The maximum Gasteiger partial charge on any atom is 0.270 e. The third-order valence-electron chi connectivity index (χ3n) is 5.14. The minimum absolute atomic E-state index is 0.0777. The molecule has 6 nitrogen and oxygen atoms in total. The van der Waals surface area contributed by atoms with Crippen LogP contribution in [-0.4, -0.2) is 41.3 Å². The average Bonchev–Trinajstić information content (AvgIpc) is 3.00. The summed E-state index contributed by atoms with van der Waals surface area (Å²) in [5.41, 5.74) is 3.81. The highest BCUT2D eigenvalue weighted by atomic mass is 16.2. The molecule has 0 radical (unpaired) electrons. The lowest BCUT2D eigenvalue weighted by Gasteiger charge is -2.20. The van der Waals surface area contributed by atoms with E-state index in [2.05, 4.69) is 27.1 Å². The normalized spacial score (nSPS) is 20.5. The van der Waals surface area contributed by atoms with Gasteiger partial charge in [0.15, 0.2) is 5.78 Å². The minimum Gasteiger partial charge on any atom is -0.356 e. The Bertz CT molecular complexity index is 810. The van der Waals surface area contributed by atoms with Gasteiger partial charge in [0.1, 0.15) is 17.8 Å². The number of carbonyl (C=O) groups is 2. The van der Waals surface area contributed by atoms with Crippen LogP contribution in [0, 0.1) is 12.8 Å². The summed E-state index contributed by atoms with van der Waals surface area (Å²) in [4.78, 5) is 35.6. The van der Waals surface area contributed by atoms with Crippen LogP contribution in [-0.2, 0) is 4.79 Å². The zero-order chi connectivity index (χ0) is 18.8. The van der Waals surface area contributed by atoms with Gasteiger partial charge >= 0.3 is 0 Å². The van der Waals surface area contributed by atoms with Crippen LogP contribution in [0.2, 0.25) is 0 Å². The first kappa shape index (κ1) is 18.3. The van der Waals surface area contributed by atoms with Gasteiger partial charge in [0.25, 0.3) is 5.91 Å². The molecule has 0 spiro atoms. The highest BCUT2D eigenvalue weighted by molar-refractivity contribution is 6.01. The number of hydrogen-bond acceptors (Lipinski definition) is 5. The lowest BCUT2D eigenvalue weighted by Crippen LogP contribution is -2.31. The van der Waals surface area contributed by atoms with E-state index in [1.54, 1.807) is 0 Å². The molecular weight excluding hydrogens is 328 g/mol. The third kappa shape index (κ3) is 3.69. The molecule has 1 aromatic heterocycles. The van der Waals surface area contributed by atoms with Crippen molar-refractivity contribution in [3.63, 3.8) is 0 Å². The van der Waals surface area contributed by atoms with Crippen molar-refractivity contribution in [3.05, 3.63) is 40.4 Å². The van der Waals surface area contributed by atoms with Crippen LogP contribution in [0.3, 0.4) is 0 Å². The van der Waals surface area contributed by atoms with Crippen molar-refractivity contribution >= 4 is 17.5 Å². The van der Waals surface area contributed by atoms with Gasteiger partial charge in [-0.2, -0.15) is 0 Å². The van der Waals surface area contributed by atoms with Crippen molar-refractivity contribution in [1.29, 1.82) is 0 Å². The molecular formula is C20H26N4O2. The van der Waals surface area contributed by atoms with E-state index in [1.807, 2.05) is 26.8 Å². The quantitative estimate of drug-likeness (QED) is 0.899. The fourth-order valence-corrected chi connectivity index (χ4v) is 3.69. The lowest BCUT2D eigenvalue weighted by atomic mass is 9.92. The molecule has 0 unspecified atom stereocenters. The summed E-state index contributed by atoms with van der Waals surface area (Å²) in [5, 5.41) is 2.86. The maximum atomic E-state index is 12.6. The second kappa shape index (κ2) is 7.40. The van der Waals surface area contributed by atoms with Gasteiger partial charge in [-0.25, -0.2) is 9.97 Å². The van der Waals surface area contributed by atoms with E-state index < -0.39 is 0 Å². The van der Waals surface area contributed by atoms with Crippen LogP contribution in [0.25, 0.3) is 0 Å². The van der Waals surface area contributed by atoms with Gasteiger partial charge in [0, 0.05) is 37.2 Å². The number of allylic oxidation sites excluding steroid dienone is 3. The van der Waals surface area contributed by atoms with E-state index >= 15 is 0 Å². The van der Waals surface area contributed by atoms with Gasteiger partial charge in [0.2, 0.25) is 0 Å². The molecule has 138 valence electrons. The van der Waals surface area contributed by atoms with Gasteiger partial charge < -0.3 is 10.2 Å². The summed E-state index contributed by atoms with van der Waals surface area (Å²) in [5.74, 6) is 1.27. The molecule has 3 rings (SSSR count). The summed E-state index contributed by atoms with van der Waals surface area (Å²) >= 11 is 0. The molecule has 1 N–H and O–H groups in total. The van der Waals surface area contributed by atoms with Crippen LogP contribution >= 0.6 is 0 Å². The predicted octanol–water partition coefficient (Wildman–Crippen LogP) is 2.60. The Morgan fingerprint density at radius 2 is 2.08 bits per heavy atom. The molecule has 1 aromatic rings. The molecule has 1 aliphatic carbocycles. The van der Waals surface area contributed by atoms with Crippen molar-refractivity contribution in [2.75, 3.05) is 24.5 Å². The molecule has 2 aliphatic rings. The average molecular weight is 354 g/mol. The molecule has 1 amide bonds.